The van der Waals surface area contributed by atoms with Gasteiger partial charge in [0.25, 0.3) is 0 Å². The number of piperidine rings is 1. The van der Waals surface area contributed by atoms with Crippen molar-refractivity contribution >= 4 is 16.0 Å². The number of nitrogens with two attached hydrogens (primary N) is 2. The number of alkyl halides is 3. The molecule has 14 heteroatoms. The molecule has 0 amide bonds. The molecular weight excluding hydrogens is 472 g/mol. The van der Waals surface area contributed by atoms with Gasteiger partial charge < -0.3 is 21.3 Å². The molecule has 2 heterocycles. The minimum absolute atomic E-state index is 0.0252. The molecule has 1 aromatic rings. The zero-order chi connectivity index (χ0) is 24.9. The van der Waals surface area contributed by atoms with Crippen molar-refractivity contribution in [2.24, 2.45) is 22.8 Å². The van der Waals surface area contributed by atoms with Crippen LogP contribution >= 0.6 is 0 Å². The first-order valence-corrected chi connectivity index (χ1v) is 11.4. The largest absolute Gasteiger partial charge is 0.490 e. The van der Waals surface area contributed by atoms with Gasteiger partial charge in [-0.1, -0.05) is 0 Å². The summed E-state index contributed by atoms with van der Waals surface area (Å²) in [6.45, 7) is 1.73. The van der Waals surface area contributed by atoms with Crippen LogP contribution in [0.25, 0.3) is 0 Å². The second kappa shape index (κ2) is 10.8. The number of rotatable bonds is 7. The van der Waals surface area contributed by atoms with E-state index in [9.17, 15) is 26.0 Å². The van der Waals surface area contributed by atoms with Gasteiger partial charge in [0.1, 0.15) is 11.5 Å². The first kappa shape index (κ1) is 27.0. The van der Waals surface area contributed by atoms with Crippen LogP contribution in [0.3, 0.4) is 0 Å². The van der Waals surface area contributed by atoms with E-state index >= 15 is 0 Å². The lowest BCUT2D eigenvalue weighted by molar-refractivity contribution is -0.192. The normalized spacial score (nSPS) is 20.7. The van der Waals surface area contributed by atoms with E-state index in [1.54, 1.807) is 0 Å². The summed E-state index contributed by atoms with van der Waals surface area (Å²) in [6, 6.07) is 2.93. The maximum Gasteiger partial charge on any atom is 0.490 e. The third-order valence-electron chi connectivity index (χ3n) is 5.77. The molecule has 5 N–H and O–H groups in total. The number of carboxylic acid groups (broad SMARTS) is 1. The Kier molecular flexibility index (Phi) is 8.79. The van der Waals surface area contributed by atoms with E-state index in [1.165, 1.54) is 22.6 Å². The summed E-state index contributed by atoms with van der Waals surface area (Å²) in [5.41, 5.74) is 11.7. The molecule has 2 aliphatic rings. The zero-order valence-electron chi connectivity index (χ0n) is 17.6. The third-order valence-corrected chi connectivity index (χ3v) is 7.66. The number of ether oxygens (including phenoxy) is 1. The van der Waals surface area contributed by atoms with Gasteiger partial charge in [-0.05, 0) is 43.2 Å². The first-order chi connectivity index (χ1) is 15.4. The summed E-state index contributed by atoms with van der Waals surface area (Å²) in [5, 5.41) is 7.12. The van der Waals surface area contributed by atoms with Crippen molar-refractivity contribution in [3.8, 4) is 5.88 Å². The van der Waals surface area contributed by atoms with Gasteiger partial charge >= 0.3 is 12.1 Å². The Morgan fingerprint density at radius 2 is 1.91 bits per heavy atom. The Labute approximate surface area is 188 Å². The Balaban J connectivity index is 0.000000479. The van der Waals surface area contributed by atoms with Crippen LogP contribution in [-0.4, -0.2) is 67.7 Å². The summed E-state index contributed by atoms with van der Waals surface area (Å²) >= 11 is 0. The van der Waals surface area contributed by atoms with Crippen molar-refractivity contribution in [2.45, 2.75) is 30.3 Å². The monoisotopic (exact) mass is 498 g/mol. The van der Waals surface area contributed by atoms with Crippen molar-refractivity contribution in [1.82, 2.24) is 9.29 Å². The number of pyridine rings is 1. The summed E-state index contributed by atoms with van der Waals surface area (Å²) in [5.74, 6) is -1.99. The van der Waals surface area contributed by atoms with Crippen LogP contribution in [0.1, 0.15) is 19.3 Å². The number of hydrogen-bond donors (Lipinski definition) is 3. The number of nitrogens with zero attached hydrogens (tertiary/aromatic N) is 2. The molecule has 1 atom stereocenters. The molecule has 33 heavy (non-hydrogen) atoms. The number of hydrogen-bond acceptors (Lipinski definition) is 7. The van der Waals surface area contributed by atoms with E-state index < -0.39 is 22.2 Å². The highest BCUT2D eigenvalue weighted by atomic mass is 32.2. The fourth-order valence-corrected chi connectivity index (χ4v) is 4.99. The second-order valence-electron chi connectivity index (χ2n) is 7.80. The number of carbonyl (C=O) groups is 1. The summed E-state index contributed by atoms with van der Waals surface area (Å²) in [6.07, 6.45) is -0.573. The lowest BCUT2D eigenvalue weighted by atomic mass is 9.92. The Bertz CT molecular complexity index is 946. The van der Waals surface area contributed by atoms with Gasteiger partial charge in [0, 0.05) is 31.3 Å². The number of aromatic nitrogens is 1. The highest BCUT2D eigenvalue weighted by molar-refractivity contribution is 7.89. The molecule has 3 rings (SSSR count). The highest BCUT2D eigenvalue weighted by Crippen LogP contribution is 2.59. The van der Waals surface area contributed by atoms with Crippen molar-refractivity contribution in [3.63, 3.8) is 0 Å². The molecule has 186 valence electrons. The standard InChI is InChI=1S/C17H25FN4O3S.C2HF3O2/c18-8-13(9-19)12-25-16-2-1-15(11-21-16)26(23,24)22-5-3-17(4-6-22)7-14(17)10-20;3-2(4,5)1(6)7/h1-2,8,11,14H,3-7,9-10,12,19-20H2;(H,6,7)/b13-8-;. The Hall–Kier alpha value is -2.29. The second-order valence-corrected chi connectivity index (χ2v) is 9.74. The molecule has 9 nitrogen and oxygen atoms in total. The quantitative estimate of drug-likeness (QED) is 0.481. The fraction of sp³-hybridized carbons (Fsp3) is 0.579. The fourth-order valence-electron chi connectivity index (χ4n) is 3.60. The van der Waals surface area contributed by atoms with E-state index in [0.717, 1.165) is 19.3 Å². The lowest BCUT2D eigenvalue weighted by Crippen LogP contribution is -2.39. The van der Waals surface area contributed by atoms with E-state index in [-0.39, 0.29) is 29.3 Å². The number of halogens is 4. The molecule has 0 aromatic carbocycles. The number of sulfonamides is 1. The van der Waals surface area contributed by atoms with E-state index in [2.05, 4.69) is 4.98 Å². The Morgan fingerprint density at radius 1 is 1.30 bits per heavy atom. The van der Waals surface area contributed by atoms with Crippen molar-refractivity contribution in [2.75, 3.05) is 32.8 Å². The smallest absolute Gasteiger partial charge is 0.475 e. The van der Waals surface area contributed by atoms with Gasteiger partial charge in [-0.15, -0.1) is 0 Å². The first-order valence-electron chi connectivity index (χ1n) is 9.97. The number of carboxylic acids is 1. The maximum absolute atomic E-state index is 12.8. The molecule has 1 unspecified atom stereocenters. The molecule has 1 aliphatic heterocycles. The summed E-state index contributed by atoms with van der Waals surface area (Å²) in [4.78, 5) is 13.0. The van der Waals surface area contributed by atoms with Gasteiger partial charge in [0.2, 0.25) is 15.9 Å². The van der Waals surface area contributed by atoms with Crippen molar-refractivity contribution in [1.29, 1.82) is 0 Å². The van der Waals surface area contributed by atoms with Gasteiger partial charge in [0.05, 0.1) is 12.5 Å². The molecular formula is C19H26F4N4O5S. The summed E-state index contributed by atoms with van der Waals surface area (Å²) in [7, 11) is -3.57. The molecule has 2 fully saturated rings. The molecule has 1 aromatic heterocycles. The van der Waals surface area contributed by atoms with Gasteiger partial charge in [-0.2, -0.15) is 17.5 Å². The minimum atomic E-state index is -5.08. The van der Waals surface area contributed by atoms with Crippen LogP contribution in [0.2, 0.25) is 0 Å². The van der Waals surface area contributed by atoms with Crippen molar-refractivity contribution in [3.05, 3.63) is 30.2 Å². The van der Waals surface area contributed by atoms with Crippen LogP contribution in [-0.2, 0) is 14.8 Å². The van der Waals surface area contributed by atoms with Crippen LogP contribution in [0.15, 0.2) is 35.1 Å². The van der Waals surface area contributed by atoms with Crippen molar-refractivity contribution < 1.29 is 40.6 Å². The molecule has 1 saturated heterocycles. The lowest BCUT2D eigenvalue weighted by Gasteiger charge is -2.32. The van der Waals surface area contributed by atoms with Crippen LogP contribution in [0.5, 0.6) is 5.88 Å². The average molecular weight is 498 g/mol. The third kappa shape index (κ3) is 6.85. The molecule has 1 spiro atoms. The molecule has 1 saturated carbocycles. The van der Waals surface area contributed by atoms with Crippen LogP contribution in [0.4, 0.5) is 17.6 Å². The van der Waals surface area contributed by atoms with E-state index in [4.69, 9.17) is 26.1 Å². The van der Waals surface area contributed by atoms with Crippen LogP contribution < -0.4 is 16.2 Å². The number of aliphatic carboxylic acids is 1. The van der Waals surface area contributed by atoms with E-state index in [0.29, 0.717) is 37.5 Å². The Morgan fingerprint density at radius 3 is 2.30 bits per heavy atom. The van der Waals surface area contributed by atoms with Gasteiger partial charge in [0.15, 0.2) is 0 Å². The molecule has 0 bridgehead atoms. The molecule has 0 radical (unpaired) electrons. The zero-order valence-corrected chi connectivity index (χ0v) is 18.4. The van der Waals surface area contributed by atoms with Gasteiger partial charge in [-0.3, -0.25) is 0 Å². The predicted octanol–water partition coefficient (Wildman–Crippen LogP) is 1.66. The maximum atomic E-state index is 12.8. The topological polar surface area (TPSA) is 149 Å². The minimum Gasteiger partial charge on any atom is -0.475 e. The molecule has 1 aliphatic carbocycles. The van der Waals surface area contributed by atoms with Gasteiger partial charge in [-0.25, -0.2) is 22.6 Å². The highest BCUT2D eigenvalue weighted by Gasteiger charge is 2.54. The SMILES string of the molecule is NC/C(=C/F)COc1ccc(S(=O)(=O)N2CCC3(CC2)CC3CN)cn1.O=C(O)C(F)(F)F. The summed E-state index contributed by atoms with van der Waals surface area (Å²) < 4.78 is 76.6. The van der Waals surface area contributed by atoms with Crippen LogP contribution in [0, 0.1) is 11.3 Å². The predicted molar refractivity (Wildman–Crippen MR) is 109 cm³/mol. The van der Waals surface area contributed by atoms with E-state index in [1.807, 2.05) is 0 Å². The average Bonchev–Trinajstić information content (AvgIpc) is 3.46.